The molecule has 0 saturated carbocycles. The maximum Gasteiger partial charge on any atom is 0.411 e. The van der Waals surface area contributed by atoms with Crippen LogP contribution in [0.5, 0.6) is 5.75 Å². The van der Waals surface area contributed by atoms with E-state index in [1.807, 2.05) is 0 Å². The number of rotatable bonds is 3. The molecule has 1 N–H and O–H groups in total. The van der Waals surface area contributed by atoms with Crippen molar-refractivity contribution in [3.8, 4) is 18.1 Å². The Morgan fingerprint density at radius 2 is 2.27 bits per heavy atom. The monoisotopic (exact) mass is 205 g/mol. The molecule has 1 aromatic carbocycles. The number of ether oxygens (including phenoxy) is 1. The van der Waals surface area contributed by atoms with Crippen molar-refractivity contribution in [2.24, 2.45) is 0 Å². The molecule has 0 aliphatic carbocycles. The molecular weight excluding hydrogens is 194 g/mol. The van der Waals surface area contributed by atoms with Gasteiger partial charge in [0.05, 0.1) is 5.69 Å². The average Bonchev–Trinajstić information content (AvgIpc) is 2.25. The summed E-state index contributed by atoms with van der Waals surface area (Å²) < 4.78 is 5.22. The lowest BCUT2D eigenvalue weighted by Crippen LogP contribution is -2.24. The maximum atomic E-state index is 10.8. The zero-order valence-corrected chi connectivity index (χ0v) is 8.30. The molecule has 0 unspecified atom stereocenters. The molecule has 4 heteroatoms. The SMILES string of the molecule is C#CCOc1ccccc1N(C)C(=O)O. The van der Waals surface area contributed by atoms with Gasteiger partial charge < -0.3 is 9.84 Å². The fourth-order valence-corrected chi connectivity index (χ4v) is 1.08. The van der Waals surface area contributed by atoms with Crippen molar-refractivity contribution < 1.29 is 14.6 Å². The van der Waals surface area contributed by atoms with E-state index >= 15 is 0 Å². The van der Waals surface area contributed by atoms with E-state index in [0.717, 1.165) is 4.90 Å². The molecule has 0 saturated heterocycles. The number of terminal acetylenes is 1. The number of para-hydroxylation sites is 2. The van der Waals surface area contributed by atoms with Gasteiger partial charge in [-0.15, -0.1) is 6.42 Å². The molecule has 0 bridgehead atoms. The summed E-state index contributed by atoms with van der Waals surface area (Å²) in [5, 5.41) is 8.82. The summed E-state index contributed by atoms with van der Waals surface area (Å²) in [7, 11) is 1.44. The van der Waals surface area contributed by atoms with Crippen molar-refractivity contribution in [1.29, 1.82) is 0 Å². The highest BCUT2D eigenvalue weighted by Gasteiger charge is 2.12. The van der Waals surface area contributed by atoms with Gasteiger partial charge in [-0.3, -0.25) is 4.90 Å². The molecule has 0 atom stereocenters. The predicted octanol–water partition coefficient (Wildman–Crippen LogP) is 1.81. The Bertz CT molecular complexity index is 395. The largest absolute Gasteiger partial charge is 0.479 e. The Kier molecular flexibility index (Phi) is 3.58. The number of anilines is 1. The van der Waals surface area contributed by atoms with Crippen LogP contribution >= 0.6 is 0 Å². The lowest BCUT2D eigenvalue weighted by Gasteiger charge is -2.16. The van der Waals surface area contributed by atoms with E-state index in [2.05, 4.69) is 5.92 Å². The van der Waals surface area contributed by atoms with Gasteiger partial charge >= 0.3 is 6.09 Å². The van der Waals surface area contributed by atoms with Crippen LogP contribution in [0.15, 0.2) is 24.3 Å². The molecule has 0 aromatic heterocycles. The standard InChI is InChI=1S/C11H11NO3/c1-3-8-15-10-7-5-4-6-9(10)12(2)11(13)14/h1,4-7H,8H2,2H3,(H,13,14). The van der Waals surface area contributed by atoms with Gasteiger partial charge in [-0.1, -0.05) is 18.1 Å². The molecule has 0 radical (unpaired) electrons. The Morgan fingerprint density at radius 1 is 1.60 bits per heavy atom. The highest BCUT2D eigenvalue weighted by atomic mass is 16.5. The molecule has 0 spiro atoms. The number of amides is 1. The zero-order valence-electron chi connectivity index (χ0n) is 8.30. The number of benzene rings is 1. The first-order valence-electron chi connectivity index (χ1n) is 4.28. The number of hydrogen-bond acceptors (Lipinski definition) is 2. The molecule has 4 nitrogen and oxygen atoms in total. The van der Waals surface area contributed by atoms with Crippen LogP contribution in [0.2, 0.25) is 0 Å². The van der Waals surface area contributed by atoms with Crippen molar-refractivity contribution in [3.63, 3.8) is 0 Å². The second-order valence-corrected chi connectivity index (χ2v) is 2.80. The molecule has 1 aromatic rings. The van der Waals surface area contributed by atoms with E-state index in [0.29, 0.717) is 11.4 Å². The van der Waals surface area contributed by atoms with Gasteiger partial charge in [0.1, 0.15) is 12.4 Å². The minimum Gasteiger partial charge on any atom is -0.479 e. The van der Waals surface area contributed by atoms with E-state index in [4.69, 9.17) is 16.3 Å². The second kappa shape index (κ2) is 4.91. The lowest BCUT2D eigenvalue weighted by molar-refractivity contribution is 0.203. The summed E-state index contributed by atoms with van der Waals surface area (Å²) >= 11 is 0. The molecule has 0 fully saturated rings. The maximum absolute atomic E-state index is 10.8. The Labute approximate surface area is 88.1 Å². The van der Waals surface area contributed by atoms with Gasteiger partial charge in [-0.05, 0) is 12.1 Å². The van der Waals surface area contributed by atoms with Crippen LogP contribution < -0.4 is 9.64 Å². The highest BCUT2D eigenvalue weighted by Crippen LogP contribution is 2.26. The fourth-order valence-electron chi connectivity index (χ4n) is 1.08. The van der Waals surface area contributed by atoms with Crippen molar-refractivity contribution in [2.75, 3.05) is 18.6 Å². The third kappa shape index (κ3) is 2.64. The van der Waals surface area contributed by atoms with Gasteiger partial charge in [-0.2, -0.15) is 0 Å². The Morgan fingerprint density at radius 3 is 2.87 bits per heavy atom. The lowest BCUT2D eigenvalue weighted by atomic mass is 10.3. The summed E-state index contributed by atoms with van der Waals surface area (Å²) in [6.45, 7) is 0.116. The van der Waals surface area contributed by atoms with Crippen LogP contribution in [0.4, 0.5) is 10.5 Å². The second-order valence-electron chi connectivity index (χ2n) is 2.80. The zero-order chi connectivity index (χ0) is 11.3. The summed E-state index contributed by atoms with van der Waals surface area (Å²) in [5.41, 5.74) is 0.472. The van der Waals surface area contributed by atoms with Gasteiger partial charge in [0.15, 0.2) is 0 Å². The topological polar surface area (TPSA) is 49.8 Å². The fraction of sp³-hybridized carbons (Fsp3) is 0.182. The van der Waals surface area contributed by atoms with Gasteiger partial charge in [0.2, 0.25) is 0 Å². The molecule has 0 aliphatic rings. The quantitative estimate of drug-likeness (QED) is 0.765. The van der Waals surface area contributed by atoms with Gasteiger partial charge in [0.25, 0.3) is 0 Å². The van der Waals surface area contributed by atoms with Crippen LogP contribution in [0.3, 0.4) is 0 Å². The van der Waals surface area contributed by atoms with Crippen LogP contribution in [0.1, 0.15) is 0 Å². The third-order valence-electron chi connectivity index (χ3n) is 1.82. The van der Waals surface area contributed by atoms with Crippen molar-refractivity contribution in [1.82, 2.24) is 0 Å². The van der Waals surface area contributed by atoms with Crippen molar-refractivity contribution in [2.45, 2.75) is 0 Å². The Balaban J connectivity index is 2.96. The molecule has 15 heavy (non-hydrogen) atoms. The first kappa shape index (κ1) is 10.9. The molecule has 78 valence electrons. The number of carbonyl (C=O) groups is 1. The smallest absolute Gasteiger partial charge is 0.411 e. The number of nitrogens with zero attached hydrogens (tertiary/aromatic N) is 1. The van der Waals surface area contributed by atoms with E-state index in [-0.39, 0.29) is 6.61 Å². The van der Waals surface area contributed by atoms with Crippen molar-refractivity contribution in [3.05, 3.63) is 24.3 Å². The summed E-state index contributed by atoms with van der Waals surface area (Å²) in [5.74, 6) is 2.78. The summed E-state index contributed by atoms with van der Waals surface area (Å²) in [6.07, 6.45) is 4.01. The van der Waals surface area contributed by atoms with Gasteiger partial charge in [0, 0.05) is 7.05 Å². The van der Waals surface area contributed by atoms with E-state index in [9.17, 15) is 4.79 Å². The minimum atomic E-state index is -1.05. The average molecular weight is 205 g/mol. The normalized spacial score (nSPS) is 9.07. The molecule has 0 heterocycles. The van der Waals surface area contributed by atoms with Gasteiger partial charge in [-0.25, -0.2) is 4.79 Å². The van der Waals surface area contributed by atoms with Crippen LogP contribution in [-0.4, -0.2) is 24.9 Å². The predicted molar refractivity (Wildman–Crippen MR) is 57.2 cm³/mol. The third-order valence-corrected chi connectivity index (χ3v) is 1.82. The number of carboxylic acid groups (broad SMARTS) is 1. The van der Waals surface area contributed by atoms with E-state index < -0.39 is 6.09 Å². The van der Waals surface area contributed by atoms with E-state index in [1.54, 1.807) is 24.3 Å². The van der Waals surface area contributed by atoms with Crippen LogP contribution in [0, 0.1) is 12.3 Å². The van der Waals surface area contributed by atoms with Crippen LogP contribution in [0.25, 0.3) is 0 Å². The van der Waals surface area contributed by atoms with E-state index in [1.165, 1.54) is 7.05 Å². The summed E-state index contributed by atoms with van der Waals surface area (Å²) in [6, 6.07) is 6.81. The molecular formula is C11H11NO3. The minimum absolute atomic E-state index is 0.116. The Hall–Kier alpha value is -2.15. The molecule has 0 aliphatic heterocycles. The summed E-state index contributed by atoms with van der Waals surface area (Å²) in [4.78, 5) is 11.8. The van der Waals surface area contributed by atoms with Crippen molar-refractivity contribution >= 4 is 11.8 Å². The van der Waals surface area contributed by atoms with Crippen LogP contribution in [-0.2, 0) is 0 Å². The highest BCUT2D eigenvalue weighted by molar-refractivity contribution is 5.87. The number of hydrogen-bond donors (Lipinski definition) is 1. The molecule has 1 amide bonds. The molecule has 1 rings (SSSR count). The first-order chi connectivity index (χ1) is 7.16. The first-order valence-corrected chi connectivity index (χ1v) is 4.28.